The summed E-state index contributed by atoms with van der Waals surface area (Å²) in [5.41, 5.74) is 1.78. The maximum atomic E-state index is 12.8. The largest absolute Gasteiger partial charge is 0.393 e. The van der Waals surface area contributed by atoms with E-state index in [2.05, 4.69) is 0 Å². The topological polar surface area (TPSA) is 49.8 Å². The maximum absolute atomic E-state index is 12.8. The summed E-state index contributed by atoms with van der Waals surface area (Å²) in [7, 11) is 0. The molecule has 0 aliphatic carbocycles. The number of rotatable bonds is 2. The highest BCUT2D eigenvalue weighted by Gasteiger charge is 2.39. The lowest BCUT2D eigenvalue weighted by atomic mass is 9.89. The first-order valence-electron chi connectivity index (χ1n) is 7.81. The second-order valence-corrected chi connectivity index (χ2v) is 6.12. The molecule has 1 amide bonds. The summed E-state index contributed by atoms with van der Waals surface area (Å²) in [6.45, 7) is 3.93. The highest BCUT2D eigenvalue weighted by atomic mass is 16.5. The molecule has 0 bridgehead atoms. The Hall–Kier alpha value is -1.39. The molecular formula is C17H23NO3. The molecule has 0 spiro atoms. The summed E-state index contributed by atoms with van der Waals surface area (Å²) in [6.07, 6.45) is 2.29. The Labute approximate surface area is 125 Å². The van der Waals surface area contributed by atoms with Crippen molar-refractivity contribution in [3.05, 3.63) is 35.4 Å². The highest BCUT2D eigenvalue weighted by Crippen LogP contribution is 2.31. The Bertz CT molecular complexity index is 517. The Morgan fingerprint density at radius 2 is 2.14 bits per heavy atom. The van der Waals surface area contributed by atoms with E-state index in [1.165, 1.54) is 0 Å². The fourth-order valence-electron chi connectivity index (χ4n) is 3.57. The van der Waals surface area contributed by atoms with Crippen molar-refractivity contribution in [1.82, 2.24) is 4.90 Å². The Kier molecular flexibility index (Phi) is 4.27. The standard InChI is InChI=1S/C17H23NO3/c1-12-5-2-3-6-13(12)17(20)18-9-4-7-15(18)14-11-21-10-8-16(14)19/h2-3,5-6,14-16,19H,4,7-11H2,1H3/t14-,15-,16-/m1/s1. The van der Waals surface area contributed by atoms with Crippen molar-refractivity contribution in [1.29, 1.82) is 0 Å². The minimum absolute atomic E-state index is 0.0502. The minimum atomic E-state index is -0.353. The molecule has 1 aromatic rings. The van der Waals surface area contributed by atoms with Crippen LogP contribution in [-0.4, -0.2) is 47.8 Å². The van der Waals surface area contributed by atoms with Crippen molar-refractivity contribution in [2.45, 2.75) is 38.3 Å². The first kappa shape index (κ1) is 14.5. The third kappa shape index (κ3) is 2.83. The monoisotopic (exact) mass is 289 g/mol. The van der Waals surface area contributed by atoms with Crippen LogP contribution >= 0.6 is 0 Å². The Morgan fingerprint density at radius 3 is 2.90 bits per heavy atom. The van der Waals surface area contributed by atoms with Crippen molar-refractivity contribution in [3.8, 4) is 0 Å². The fourth-order valence-corrected chi connectivity index (χ4v) is 3.57. The molecule has 1 aromatic carbocycles. The third-order valence-electron chi connectivity index (χ3n) is 4.79. The number of amides is 1. The zero-order valence-electron chi connectivity index (χ0n) is 12.5. The summed E-state index contributed by atoms with van der Waals surface area (Å²) < 4.78 is 5.52. The molecule has 4 nitrogen and oxygen atoms in total. The van der Waals surface area contributed by atoms with Gasteiger partial charge in [0.1, 0.15) is 0 Å². The molecule has 1 N–H and O–H groups in total. The first-order chi connectivity index (χ1) is 10.2. The summed E-state index contributed by atoms with van der Waals surface area (Å²) in [5.74, 6) is 0.141. The number of carbonyl (C=O) groups is 1. The number of aliphatic hydroxyl groups is 1. The van der Waals surface area contributed by atoms with Crippen molar-refractivity contribution in [2.75, 3.05) is 19.8 Å². The van der Waals surface area contributed by atoms with Crippen LogP contribution in [0.5, 0.6) is 0 Å². The predicted molar refractivity (Wildman–Crippen MR) is 80.2 cm³/mol. The van der Waals surface area contributed by atoms with Crippen LogP contribution in [-0.2, 0) is 4.74 Å². The lowest BCUT2D eigenvalue weighted by Gasteiger charge is -2.37. The molecule has 2 saturated heterocycles. The van der Waals surface area contributed by atoms with Crippen LogP contribution in [0.2, 0.25) is 0 Å². The Morgan fingerprint density at radius 1 is 1.33 bits per heavy atom. The van der Waals surface area contributed by atoms with Gasteiger partial charge in [0.15, 0.2) is 0 Å². The molecule has 0 radical (unpaired) electrons. The molecular weight excluding hydrogens is 266 g/mol. The average Bonchev–Trinajstić information content (AvgIpc) is 2.97. The number of nitrogens with zero attached hydrogens (tertiary/aromatic N) is 1. The predicted octanol–water partition coefficient (Wildman–Crippen LogP) is 2.00. The molecule has 0 unspecified atom stereocenters. The molecule has 2 aliphatic rings. The van der Waals surface area contributed by atoms with Gasteiger partial charge in [-0.1, -0.05) is 18.2 Å². The summed E-state index contributed by atoms with van der Waals surface area (Å²) >= 11 is 0. The molecule has 2 heterocycles. The van der Waals surface area contributed by atoms with Gasteiger partial charge in [-0.15, -0.1) is 0 Å². The van der Waals surface area contributed by atoms with E-state index >= 15 is 0 Å². The van der Waals surface area contributed by atoms with Gasteiger partial charge < -0.3 is 14.7 Å². The third-order valence-corrected chi connectivity index (χ3v) is 4.79. The molecule has 3 atom stereocenters. The van der Waals surface area contributed by atoms with E-state index in [0.29, 0.717) is 19.6 Å². The van der Waals surface area contributed by atoms with Crippen LogP contribution in [0.4, 0.5) is 0 Å². The van der Waals surface area contributed by atoms with E-state index in [1.807, 2.05) is 36.1 Å². The summed E-state index contributed by atoms with van der Waals surface area (Å²) in [6, 6.07) is 7.82. The molecule has 0 aromatic heterocycles. The van der Waals surface area contributed by atoms with E-state index in [4.69, 9.17) is 4.74 Å². The molecule has 2 fully saturated rings. The average molecular weight is 289 g/mol. The molecule has 2 aliphatic heterocycles. The van der Waals surface area contributed by atoms with Crippen LogP contribution in [0.3, 0.4) is 0 Å². The molecule has 114 valence electrons. The van der Waals surface area contributed by atoms with Gasteiger partial charge in [-0.3, -0.25) is 4.79 Å². The smallest absolute Gasteiger partial charge is 0.254 e. The van der Waals surface area contributed by atoms with E-state index in [0.717, 1.165) is 30.5 Å². The van der Waals surface area contributed by atoms with Gasteiger partial charge in [-0.25, -0.2) is 0 Å². The van der Waals surface area contributed by atoms with Crippen molar-refractivity contribution in [2.24, 2.45) is 5.92 Å². The van der Waals surface area contributed by atoms with Crippen LogP contribution in [0.15, 0.2) is 24.3 Å². The van der Waals surface area contributed by atoms with Crippen LogP contribution < -0.4 is 0 Å². The Balaban J connectivity index is 1.80. The number of ether oxygens (including phenoxy) is 1. The number of carbonyl (C=O) groups excluding carboxylic acids is 1. The van der Waals surface area contributed by atoms with Gasteiger partial charge >= 0.3 is 0 Å². The van der Waals surface area contributed by atoms with Crippen LogP contribution in [0, 0.1) is 12.8 Å². The SMILES string of the molecule is Cc1ccccc1C(=O)N1CCC[C@@H]1[C@H]1COCC[C@H]1O. The van der Waals surface area contributed by atoms with E-state index in [1.54, 1.807) is 0 Å². The van der Waals surface area contributed by atoms with Crippen LogP contribution in [0.25, 0.3) is 0 Å². The number of aliphatic hydroxyl groups excluding tert-OH is 1. The maximum Gasteiger partial charge on any atom is 0.254 e. The summed E-state index contributed by atoms with van der Waals surface area (Å²) in [5, 5.41) is 10.2. The highest BCUT2D eigenvalue weighted by molar-refractivity contribution is 5.96. The van der Waals surface area contributed by atoms with E-state index in [9.17, 15) is 9.90 Å². The molecule has 0 saturated carbocycles. The van der Waals surface area contributed by atoms with Gasteiger partial charge in [0.2, 0.25) is 0 Å². The van der Waals surface area contributed by atoms with Gasteiger partial charge in [0.05, 0.1) is 12.7 Å². The number of aryl methyl sites for hydroxylation is 1. The van der Waals surface area contributed by atoms with Gasteiger partial charge in [0, 0.05) is 30.7 Å². The van der Waals surface area contributed by atoms with Crippen molar-refractivity contribution < 1.29 is 14.6 Å². The zero-order chi connectivity index (χ0) is 14.8. The number of benzene rings is 1. The van der Waals surface area contributed by atoms with Crippen molar-refractivity contribution in [3.63, 3.8) is 0 Å². The van der Waals surface area contributed by atoms with E-state index in [-0.39, 0.29) is 24.0 Å². The normalized spacial score (nSPS) is 29.6. The molecule has 4 heteroatoms. The quantitative estimate of drug-likeness (QED) is 0.906. The van der Waals surface area contributed by atoms with Gasteiger partial charge in [0.25, 0.3) is 5.91 Å². The fraction of sp³-hybridized carbons (Fsp3) is 0.588. The summed E-state index contributed by atoms with van der Waals surface area (Å²) in [4.78, 5) is 14.8. The van der Waals surface area contributed by atoms with Gasteiger partial charge in [-0.05, 0) is 37.8 Å². The second kappa shape index (κ2) is 6.16. The van der Waals surface area contributed by atoms with Crippen LogP contribution in [0.1, 0.15) is 35.2 Å². The number of hydrogen-bond acceptors (Lipinski definition) is 3. The lowest BCUT2D eigenvalue weighted by Crippen LogP contribution is -2.48. The first-order valence-corrected chi connectivity index (χ1v) is 7.81. The lowest BCUT2D eigenvalue weighted by molar-refractivity contribution is -0.0589. The molecule has 21 heavy (non-hydrogen) atoms. The minimum Gasteiger partial charge on any atom is -0.393 e. The zero-order valence-corrected chi connectivity index (χ0v) is 12.5. The van der Waals surface area contributed by atoms with E-state index < -0.39 is 0 Å². The van der Waals surface area contributed by atoms with Crippen molar-refractivity contribution >= 4 is 5.91 Å². The second-order valence-electron chi connectivity index (χ2n) is 6.12. The van der Waals surface area contributed by atoms with Gasteiger partial charge in [-0.2, -0.15) is 0 Å². The number of hydrogen-bond donors (Lipinski definition) is 1. The number of likely N-dealkylation sites (tertiary alicyclic amines) is 1. The molecule has 3 rings (SSSR count).